The van der Waals surface area contributed by atoms with E-state index in [0.29, 0.717) is 24.4 Å². The lowest BCUT2D eigenvalue weighted by Gasteiger charge is -2.29. The molecule has 2 aromatic rings. The zero-order valence-corrected chi connectivity index (χ0v) is 15.9. The molecule has 2 heterocycles. The molecule has 0 N–H and O–H groups in total. The van der Waals surface area contributed by atoms with Crippen molar-refractivity contribution < 1.29 is 13.9 Å². The van der Waals surface area contributed by atoms with Gasteiger partial charge in [-0.1, -0.05) is 12.1 Å². The van der Waals surface area contributed by atoms with Crippen molar-refractivity contribution in [3.8, 4) is 16.5 Å². The molecule has 0 unspecified atom stereocenters. The number of nitriles is 1. The van der Waals surface area contributed by atoms with Crippen molar-refractivity contribution in [3.05, 3.63) is 47.1 Å². The summed E-state index contributed by atoms with van der Waals surface area (Å²) in [5.74, 6) is -0.339. The third-order valence-corrected chi connectivity index (χ3v) is 5.64. The van der Waals surface area contributed by atoms with E-state index in [4.69, 9.17) is 10.00 Å². The van der Waals surface area contributed by atoms with E-state index in [1.807, 2.05) is 6.07 Å². The van der Waals surface area contributed by atoms with E-state index in [0.717, 1.165) is 43.3 Å². The Hall–Kier alpha value is -2.27. The highest BCUT2D eigenvalue weighted by Gasteiger charge is 2.19. The van der Waals surface area contributed by atoms with Gasteiger partial charge in [-0.05, 0) is 29.8 Å². The van der Waals surface area contributed by atoms with Gasteiger partial charge in [-0.2, -0.15) is 5.26 Å². The third-order valence-electron chi connectivity index (χ3n) is 4.52. The molecule has 1 aliphatic heterocycles. The maximum atomic E-state index is 13.1. The van der Waals surface area contributed by atoms with Crippen LogP contribution in [0.4, 0.5) is 4.39 Å². The molecule has 1 aromatic heterocycles. The number of morpholine rings is 1. The maximum absolute atomic E-state index is 13.1. The molecule has 0 spiro atoms. The summed E-state index contributed by atoms with van der Waals surface area (Å²) < 4.78 is 18.5. The molecule has 0 bridgehead atoms. The molecule has 5 nitrogen and oxygen atoms in total. The van der Waals surface area contributed by atoms with Gasteiger partial charge in [-0.15, -0.1) is 11.3 Å². The van der Waals surface area contributed by atoms with Crippen molar-refractivity contribution in [1.29, 1.82) is 5.26 Å². The second-order valence-corrected chi connectivity index (χ2v) is 7.41. The van der Waals surface area contributed by atoms with Crippen molar-refractivity contribution in [3.63, 3.8) is 0 Å². The molecule has 27 heavy (non-hydrogen) atoms. The van der Waals surface area contributed by atoms with Crippen LogP contribution in [0.5, 0.6) is 0 Å². The van der Waals surface area contributed by atoms with Gasteiger partial charge in [-0.3, -0.25) is 9.69 Å². The summed E-state index contributed by atoms with van der Waals surface area (Å²) in [5.41, 5.74) is 0.886. The lowest BCUT2D eigenvalue weighted by Crippen LogP contribution is -2.43. The van der Waals surface area contributed by atoms with Crippen molar-refractivity contribution in [1.82, 2.24) is 9.80 Å². The Balaban J connectivity index is 1.67. The van der Waals surface area contributed by atoms with Crippen LogP contribution in [-0.2, 0) is 4.74 Å². The molecule has 1 aromatic carbocycles. The van der Waals surface area contributed by atoms with Gasteiger partial charge in [0.1, 0.15) is 5.82 Å². The largest absolute Gasteiger partial charge is 0.379 e. The summed E-state index contributed by atoms with van der Waals surface area (Å²) in [5, 5.41) is 8.92. The molecule has 1 fully saturated rings. The predicted molar refractivity (Wildman–Crippen MR) is 103 cm³/mol. The Morgan fingerprint density at radius 3 is 2.63 bits per heavy atom. The zero-order valence-electron chi connectivity index (χ0n) is 15.1. The summed E-state index contributed by atoms with van der Waals surface area (Å²) >= 11 is 1.39. The van der Waals surface area contributed by atoms with E-state index in [2.05, 4.69) is 11.0 Å². The summed E-state index contributed by atoms with van der Waals surface area (Å²) in [7, 11) is 0. The SMILES string of the molecule is N#CCCN(CCN1CCOCC1)C(=O)c1ccc(-c2ccc(F)cc2)s1. The Morgan fingerprint density at radius 1 is 1.19 bits per heavy atom. The minimum absolute atomic E-state index is 0.0585. The quantitative estimate of drug-likeness (QED) is 0.732. The molecular weight excluding hydrogens is 365 g/mol. The van der Waals surface area contributed by atoms with Crippen molar-refractivity contribution >= 4 is 17.2 Å². The number of halogens is 1. The van der Waals surface area contributed by atoms with E-state index in [-0.39, 0.29) is 11.7 Å². The molecule has 0 radical (unpaired) electrons. The van der Waals surface area contributed by atoms with Crippen LogP contribution in [0.3, 0.4) is 0 Å². The van der Waals surface area contributed by atoms with Crippen LogP contribution in [0.25, 0.3) is 10.4 Å². The highest BCUT2D eigenvalue weighted by Crippen LogP contribution is 2.29. The Morgan fingerprint density at radius 2 is 1.93 bits per heavy atom. The first-order valence-corrected chi connectivity index (χ1v) is 9.81. The average molecular weight is 387 g/mol. The standard InChI is InChI=1S/C20H22FN3O2S/c21-17-4-2-16(3-5-17)18-6-7-19(27-18)20(25)24(9-1-8-22)11-10-23-12-14-26-15-13-23/h2-7H,1,9-15H2. The molecule has 142 valence electrons. The second kappa shape index (κ2) is 9.60. The molecular formula is C20H22FN3O2S. The fourth-order valence-corrected chi connectivity index (χ4v) is 3.94. The fraction of sp³-hybridized carbons (Fsp3) is 0.400. The van der Waals surface area contributed by atoms with Crippen LogP contribution in [0.2, 0.25) is 0 Å². The van der Waals surface area contributed by atoms with E-state index in [1.54, 1.807) is 23.1 Å². The van der Waals surface area contributed by atoms with E-state index in [1.165, 1.54) is 23.5 Å². The van der Waals surface area contributed by atoms with Gasteiger partial charge in [0.15, 0.2) is 0 Å². The van der Waals surface area contributed by atoms with Crippen LogP contribution >= 0.6 is 11.3 Å². The Labute approximate surface area is 162 Å². The predicted octanol–water partition coefficient (Wildman–Crippen LogP) is 3.24. The molecule has 0 saturated carbocycles. The number of thiophene rings is 1. The first kappa shape index (κ1) is 19.5. The number of benzene rings is 1. The van der Waals surface area contributed by atoms with Crippen LogP contribution in [0.15, 0.2) is 36.4 Å². The van der Waals surface area contributed by atoms with E-state index >= 15 is 0 Å². The van der Waals surface area contributed by atoms with E-state index < -0.39 is 0 Å². The number of nitrogens with zero attached hydrogens (tertiary/aromatic N) is 3. The number of hydrogen-bond donors (Lipinski definition) is 0. The third kappa shape index (κ3) is 5.36. The minimum atomic E-state index is -0.280. The van der Waals surface area contributed by atoms with Crippen LogP contribution < -0.4 is 0 Å². The van der Waals surface area contributed by atoms with Gasteiger partial charge in [0.05, 0.1) is 30.6 Å². The van der Waals surface area contributed by atoms with Crippen LogP contribution in [-0.4, -0.2) is 61.6 Å². The normalized spacial score (nSPS) is 14.7. The topological polar surface area (TPSA) is 56.6 Å². The Bertz CT molecular complexity index is 794. The number of carbonyl (C=O) groups is 1. The number of amides is 1. The van der Waals surface area contributed by atoms with Gasteiger partial charge in [-0.25, -0.2) is 4.39 Å². The van der Waals surface area contributed by atoms with Gasteiger partial charge >= 0.3 is 0 Å². The minimum Gasteiger partial charge on any atom is -0.379 e. The number of carbonyl (C=O) groups excluding carboxylic acids is 1. The second-order valence-electron chi connectivity index (χ2n) is 6.33. The summed E-state index contributed by atoms with van der Waals surface area (Å²) in [4.78, 5) is 18.5. The summed E-state index contributed by atoms with van der Waals surface area (Å²) in [6.07, 6.45) is 0.311. The van der Waals surface area contributed by atoms with Gasteiger partial charge < -0.3 is 9.64 Å². The fourth-order valence-electron chi connectivity index (χ4n) is 2.96. The van der Waals surface area contributed by atoms with Gasteiger partial charge in [0.25, 0.3) is 5.91 Å². The maximum Gasteiger partial charge on any atom is 0.264 e. The van der Waals surface area contributed by atoms with Crippen molar-refractivity contribution in [2.45, 2.75) is 6.42 Å². The molecule has 1 saturated heterocycles. The molecule has 3 rings (SSSR count). The van der Waals surface area contributed by atoms with Crippen molar-refractivity contribution in [2.75, 3.05) is 45.9 Å². The first-order valence-electron chi connectivity index (χ1n) is 8.99. The average Bonchev–Trinajstić information content (AvgIpc) is 3.19. The van der Waals surface area contributed by atoms with Crippen LogP contribution in [0.1, 0.15) is 16.1 Å². The molecule has 0 atom stereocenters. The number of hydrogen-bond acceptors (Lipinski definition) is 5. The molecule has 0 aliphatic carbocycles. The smallest absolute Gasteiger partial charge is 0.264 e. The lowest BCUT2D eigenvalue weighted by atomic mass is 10.2. The Kier molecular flexibility index (Phi) is 6.93. The lowest BCUT2D eigenvalue weighted by molar-refractivity contribution is 0.0327. The summed E-state index contributed by atoms with van der Waals surface area (Å²) in [6, 6.07) is 12.1. The molecule has 7 heteroatoms. The first-order chi connectivity index (χ1) is 13.2. The highest BCUT2D eigenvalue weighted by molar-refractivity contribution is 7.17. The highest BCUT2D eigenvalue weighted by atomic mass is 32.1. The van der Waals surface area contributed by atoms with Gasteiger partial charge in [0, 0.05) is 37.6 Å². The molecule has 1 amide bonds. The zero-order chi connectivity index (χ0) is 19.1. The van der Waals surface area contributed by atoms with Crippen LogP contribution in [0, 0.1) is 17.1 Å². The number of rotatable bonds is 7. The molecule has 1 aliphatic rings. The summed E-state index contributed by atoms with van der Waals surface area (Å²) in [6.45, 7) is 4.96. The van der Waals surface area contributed by atoms with Crippen molar-refractivity contribution in [2.24, 2.45) is 0 Å². The van der Waals surface area contributed by atoms with Gasteiger partial charge in [0.2, 0.25) is 0 Å². The van der Waals surface area contributed by atoms with E-state index in [9.17, 15) is 9.18 Å². The number of ether oxygens (including phenoxy) is 1. The monoisotopic (exact) mass is 387 g/mol.